The minimum Gasteiger partial charge on any atom is -0.461 e. The Morgan fingerprint density at radius 2 is 1.90 bits per heavy atom. The summed E-state index contributed by atoms with van der Waals surface area (Å²) in [4.78, 5) is 11.2. The molecule has 0 spiro atoms. The van der Waals surface area contributed by atoms with Gasteiger partial charge in [0, 0.05) is 33.2 Å². The van der Waals surface area contributed by atoms with Gasteiger partial charge in [0.05, 0.1) is 26.0 Å². The molecule has 3 N–H and O–H groups in total. The summed E-state index contributed by atoms with van der Waals surface area (Å²) in [5.41, 5.74) is 2.58. The second-order valence-electron chi connectivity index (χ2n) is 7.02. The smallest absolute Gasteiger partial charge is 0.216 e. The highest BCUT2D eigenvalue weighted by atomic mass is 16.5. The number of benzene rings is 1. The molecule has 0 aliphatic carbocycles. The van der Waals surface area contributed by atoms with Crippen LogP contribution in [0.1, 0.15) is 17.0 Å². The minimum atomic E-state index is 0.475. The van der Waals surface area contributed by atoms with Gasteiger partial charge in [-0.05, 0) is 23.3 Å². The Bertz CT molecular complexity index is 946. The summed E-state index contributed by atoms with van der Waals surface area (Å²) in [6, 6.07) is 12.1. The number of aliphatic imine (C=N–C) groups is 1. The number of nitrogens with one attached hydrogen (secondary N) is 3. The number of H-pyrrole nitrogens is 1. The molecule has 1 aliphatic rings. The van der Waals surface area contributed by atoms with Crippen molar-refractivity contribution in [3.63, 3.8) is 0 Å². The first kappa shape index (κ1) is 20.1. The zero-order chi connectivity index (χ0) is 20.6. The number of rotatable bonds is 7. The maximum absolute atomic E-state index is 5.45. The molecular weight excluding hydrogens is 382 g/mol. The van der Waals surface area contributed by atoms with Crippen LogP contribution in [-0.4, -0.2) is 59.4 Å². The summed E-state index contributed by atoms with van der Waals surface area (Å²) >= 11 is 0. The monoisotopic (exact) mass is 409 g/mol. The molecule has 0 bridgehead atoms. The van der Waals surface area contributed by atoms with E-state index in [0.717, 1.165) is 32.8 Å². The fourth-order valence-electron chi connectivity index (χ4n) is 3.34. The van der Waals surface area contributed by atoms with E-state index < -0.39 is 0 Å². The van der Waals surface area contributed by atoms with E-state index in [4.69, 9.17) is 9.15 Å². The van der Waals surface area contributed by atoms with Gasteiger partial charge in [0.2, 0.25) is 5.82 Å². The van der Waals surface area contributed by atoms with Crippen LogP contribution in [0, 0.1) is 0 Å². The molecule has 4 rings (SSSR count). The molecule has 3 aromatic rings. The number of ether oxygens (including phenoxy) is 1. The second kappa shape index (κ2) is 10.0. The Morgan fingerprint density at radius 1 is 1.10 bits per heavy atom. The highest BCUT2D eigenvalue weighted by Crippen LogP contribution is 2.14. The van der Waals surface area contributed by atoms with Gasteiger partial charge in [0.1, 0.15) is 5.82 Å². The molecule has 1 saturated heterocycles. The Morgan fingerprint density at radius 3 is 2.67 bits per heavy atom. The van der Waals surface area contributed by atoms with Gasteiger partial charge in [0.25, 0.3) is 0 Å². The van der Waals surface area contributed by atoms with Crippen molar-refractivity contribution in [2.75, 3.05) is 33.4 Å². The lowest BCUT2D eigenvalue weighted by molar-refractivity contribution is 0.0341. The van der Waals surface area contributed by atoms with E-state index in [9.17, 15) is 0 Å². The molecular formula is C21H27N7O2. The number of aromatic nitrogens is 3. The normalized spacial score (nSPS) is 15.3. The van der Waals surface area contributed by atoms with E-state index in [2.05, 4.69) is 60.0 Å². The molecule has 9 heteroatoms. The molecule has 1 aliphatic heterocycles. The number of morpholine rings is 1. The number of aromatic amines is 1. The van der Waals surface area contributed by atoms with Crippen LogP contribution in [-0.2, 0) is 24.4 Å². The zero-order valence-electron chi connectivity index (χ0n) is 17.1. The largest absolute Gasteiger partial charge is 0.461 e. The molecule has 3 heterocycles. The van der Waals surface area contributed by atoms with Crippen molar-refractivity contribution in [2.45, 2.75) is 19.6 Å². The minimum absolute atomic E-state index is 0.475. The summed E-state index contributed by atoms with van der Waals surface area (Å²) in [5.74, 6) is 2.58. The standard InChI is InChI=1S/C21H27N7O2/c1-22-21(24-14-19-25-20(27-26-19)18-7-4-10-30-18)23-13-16-5-2-3-6-17(16)15-28-8-11-29-12-9-28/h2-7,10H,8-9,11-15H2,1H3,(H2,22,23,24)(H,25,26,27). The molecule has 0 radical (unpaired) electrons. The van der Waals surface area contributed by atoms with Crippen molar-refractivity contribution in [1.29, 1.82) is 0 Å². The molecule has 0 unspecified atom stereocenters. The molecule has 1 fully saturated rings. The number of hydrogen-bond acceptors (Lipinski definition) is 6. The maximum Gasteiger partial charge on any atom is 0.216 e. The predicted octanol–water partition coefficient (Wildman–Crippen LogP) is 1.76. The lowest BCUT2D eigenvalue weighted by Crippen LogP contribution is -2.38. The summed E-state index contributed by atoms with van der Waals surface area (Å²) in [6.45, 7) is 5.66. The highest BCUT2D eigenvalue weighted by Gasteiger charge is 2.13. The van der Waals surface area contributed by atoms with Crippen LogP contribution in [0.4, 0.5) is 0 Å². The van der Waals surface area contributed by atoms with E-state index in [0.29, 0.717) is 36.5 Å². The van der Waals surface area contributed by atoms with E-state index in [-0.39, 0.29) is 0 Å². The van der Waals surface area contributed by atoms with E-state index in [1.54, 1.807) is 13.3 Å². The predicted molar refractivity (Wildman–Crippen MR) is 114 cm³/mol. The quantitative estimate of drug-likeness (QED) is 0.404. The average Bonchev–Trinajstić information content (AvgIpc) is 3.48. The van der Waals surface area contributed by atoms with Crippen LogP contribution >= 0.6 is 0 Å². The van der Waals surface area contributed by atoms with Gasteiger partial charge in [-0.1, -0.05) is 24.3 Å². The first-order valence-electron chi connectivity index (χ1n) is 10.1. The lowest BCUT2D eigenvalue weighted by atomic mass is 10.1. The topological polar surface area (TPSA) is 104 Å². The van der Waals surface area contributed by atoms with Gasteiger partial charge in [-0.15, -0.1) is 5.10 Å². The summed E-state index contributed by atoms with van der Waals surface area (Å²) in [5, 5.41) is 13.7. The molecule has 0 amide bonds. The van der Waals surface area contributed by atoms with Crippen molar-refractivity contribution in [1.82, 2.24) is 30.7 Å². The number of hydrogen-bond donors (Lipinski definition) is 3. The zero-order valence-corrected chi connectivity index (χ0v) is 17.1. The summed E-state index contributed by atoms with van der Waals surface area (Å²) in [6.07, 6.45) is 1.60. The molecule has 0 atom stereocenters. The Hall–Kier alpha value is -3.17. The van der Waals surface area contributed by atoms with Crippen molar-refractivity contribution in [2.24, 2.45) is 4.99 Å². The number of guanidine groups is 1. The summed E-state index contributed by atoms with van der Waals surface area (Å²) < 4.78 is 10.8. The van der Waals surface area contributed by atoms with Crippen LogP contribution in [0.3, 0.4) is 0 Å². The third kappa shape index (κ3) is 5.25. The Kier molecular flexibility index (Phi) is 6.73. The van der Waals surface area contributed by atoms with Crippen LogP contribution in [0.25, 0.3) is 11.6 Å². The SMILES string of the molecule is CN=C(NCc1nc(-c2ccco2)n[nH]1)NCc1ccccc1CN1CCOCC1. The molecule has 0 saturated carbocycles. The maximum atomic E-state index is 5.45. The Balaban J connectivity index is 1.30. The van der Waals surface area contributed by atoms with Gasteiger partial charge < -0.3 is 19.8 Å². The molecule has 9 nitrogen and oxygen atoms in total. The second-order valence-corrected chi connectivity index (χ2v) is 7.02. The summed E-state index contributed by atoms with van der Waals surface area (Å²) in [7, 11) is 1.75. The van der Waals surface area contributed by atoms with Gasteiger partial charge >= 0.3 is 0 Å². The van der Waals surface area contributed by atoms with E-state index in [1.807, 2.05) is 12.1 Å². The van der Waals surface area contributed by atoms with Crippen molar-refractivity contribution in [3.05, 3.63) is 59.6 Å². The Labute approximate surface area is 175 Å². The molecule has 2 aromatic heterocycles. The van der Waals surface area contributed by atoms with Crippen molar-refractivity contribution < 1.29 is 9.15 Å². The van der Waals surface area contributed by atoms with Crippen LogP contribution < -0.4 is 10.6 Å². The van der Waals surface area contributed by atoms with Crippen molar-refractivity contribution >= 4 is 5.96 Å². The lowest BCUT2D eigenvalue weighted by Gasteiger charge is -2.27. The van der Waals surface area contributed by atoms with Crippen LogP contribution in [0.2, 0.25) is 0 Å². The van der Waals surface area contributed by atoms with Gasteiger partial charge in [-0.25, -0.2) is 4.98 Å². The highest BCUT2D eigenvalue weighted by molar-refractivity contribution is 5.79. The third-order valence-corrected chi connectivity index (χ3v) is 4.98. The molecule has 1 aromatic carbocycles. The van der Waals surface area contributed by atoms with Gasteiger partial charge in [-0.3, -0.25) is 15.0 Å². The molecule has 158 valence electrons. The fraction of sp³-hybridized carbons (Fsp3) is 0.381. The van der Waals surface area contributed by atoms with Crippen LogP contribution in [0.15, 0.2) is 52.1 Å². The van der Waals surface area contributed by atoms with Crippen LogP contribution in [0.5, 0.6) is 0 Å². The average molecular weight is 409 g/mol. The van der Waals surface area contributed by atoms with Gasteiger partial charge in [-0.2, -0.15) is 0 Å². The number of nitrogens with zero attached hydrogens (tertiary/aromatic N) is 4. The molecule has 30 heavy (non-hydrogen) atoms. The van der Waals surface area contributed by atoms with E-state index in [1.165, 1.54) is 11.1 Å². The fourth-order valence-corrected chi connectivity index (χ4v) is 3.34. The van der Waals surface area contributed by atoms with E-state index >= 15 is 0 Å². The van der Waals surface area contributed by atoms with Gasteiger partial charge in [0.15, 0.2) is 11.7 Å². The van der Waals surface area contributed by atoms with Crippen molar-refractivity contribution in [3.8, 4) is 11.6 Å². The third-order valence-electron chi connectivity index (χ3n) is 4.98. The first-order valence-corrected chi connectivity index (χ1v) is 10.1. The first-order chi connectivity index (χ1) is 14.8. The number of furan rings is 1.